The molecule has 0 bridgehead atoms. The Morgan fingerprint density at radius 3 is 2.86 bits per heavy atom. The van der Waals surface area contributed by atoms with Crippen LogP contribution in [0.2, 0.25) is 0 Å². The van der Waals surface area contributed by atoms with E-state index in [0.717, 1.165) is 0 Å². The zero-order chi connectivity index (χ0) is 15.5. The maximum Gasteiger partial charge on any atom is 0.414 e. The third-order valence-corrected chi connectivity index (χ3v) is 3.62. The van der Waals surface area contributed by atoms with E-state index in [9.17, 15) is 9.18 Å². The summed E-state index contributed by atoms with van der Waals surface area (Å²) >= 11 is 0. The molecule has 0 aromatic heterocycles. The smallest absolute Gasteiger partial charge is 0.414 e. The molecule has 0 N–H and O–H groups in total. The molecule has 22 heavy (non-hydrogen) atoms. The van der Waals surface area contributed by atoms with Gasteiger partial charge in [0.2, 0.25) is 0 Å². The van der Waals surface area contributed by atoms with Crippen molar-refractivity contribution < 1.29 is 13.9 Å². The summed E-state index contributed by atoms with van der Waals surface area (Å²) in [5, 5.41) is 3.39. The summed E-state index contributed by atoms with van der Waals surface area (Å²) in [5.41, 5.74) is 9.23. The van der Waals surface area contributed by atoms with Gasteiger partial charge in [0, 0.05) is 18.0 Å². The van der Waals surface area contributed by atoms with Crippen LogP contribution in [0.1, 0.15) is 0 Å². The average molecular weight is 303 g/mol. The molecule has 0 spiro atoms. The first-order valence-corrected chi connectivity index (χ1v) is 6.87. The molecule has 7 nitrogen and oxygen atoms in total. The first-order valence-electron chi connectivity index (χ1n) is 6.87. The van der Waals surface area contributed by atoms with Gasteiger partial charge in [-0.2, -0.15) is 0 Å². The van der Waals surface area contributed by atoms with E-state index in [-0.39, 0.29) is 18.9 Å². The van der Waals surface area contributed by atoms with Crippen LogP contribution in [0, 0.1) is 5.82 Å². The van der Waals surface area contributed by atoms with Crippen molar-refractivity contribution in [3.63, 3.8) is 0 Å². The molecule has 1 fully saturated rings. The van der Waals surface area contributed by atoms with E-state index >= 15 is 0 Å². The highest BCUT2D eigenvalue weighted by molar-refractivity contribution is 5.90. The molecular weight excluding hydrogens is 289 g/mol. The van der Waals surface area contributed by atoms with Crippen molar-refractivity contribution in [2.75, 3.05) is 36.0 Å². The number of azide groups is 1. The van der Waals surface area contributed by atoms with Crippen molar-refractivity contribution in [1.82, 2.24) is 0 Å². The zero-order valence-electron chi connectivity index (χ0n) is 11.7. The quantitative estimate of drug-likeness (QED) is 0.371. The maximum atomic E-state index is 14.3. The van der Waals surface area contributed by atoms with E-state index in [0.29, 0.717) is 24.5 Å². The molecule has 1 amide bonds. The normalized spacial score (nSPS) is 20.2. The van der Waals surface area contributed by atoms with Crippen LogP contribution in [-0.2, 0) is 4.74 Å². The van der Waals surface area contributed by atoms with E-state index in [1.54, 1.807) is 12.1 Å². The highest BCUT2D eigenvalue weighted by atomic mass is 19.1. The lowest BCUT2D eigenvalue weighted by Gasteiger charge is -2.20. The number of carbonyl (C=O) groups is 1. The molecule has 8 heteroatoms. The molecule has 1 saturated heterocycles. The second-order valence-corrected chi connectivity index (χ2v) is 5.04. The summed E-state index contributed by atoms with van der Waals surface area (Å²) in [4.78, 5) is 17.7. The Kier molecular flexibility index (Phi) is 3.84. The summed E-state index contributed by atoms with van der Waals surface area (Å²) in [5.74, 6) is -0.382. The first kappa shape index (κ1) is 14.2. The topological polar surface area (TPSA) is 81.5 Å². The van der Waals surface area contributed by atoms with Crippen LogP contribution in [0.5, 0.6) is 0 Å². The second-order valence-electron chi connectivity index (χ2n) is 5.04. The van der Waals surface area contributed by atoms with Gasteiger partial charge < -0.3 is 9.64 Å². The molecule has 3 rings (SSSR count). The van der Waals surface area contributed by atoms with Gasteiger partial charge in [-0.05, 0) is 23.7 Å². The Bertz CT molecular complexity index is 663. The highest BCUT2D eigenvalue weighted by Gasteiger charge is 2.32. The number of halogens is 1. The van der Waals surface area contributed by atoms with Gasteiger partial charge in [0.25, 0.3) is 0 Å². The number of amides is 1. The van der Waals surface area contributed by atoms with Crippen LogP contribution in [0.4, 0.5) is 20.6 Å². The number of ether oxygens (including phenoxy) is 1. The molecule has 1 aromatic rings. The number of cyclic esters (lactones) is 1. The Labute approximate surface area is 126 Å². The van der Waals surface area contributed by atoms with Crippen LogP contribution in [0.25, 0.3) is 10.4 Å². The number of nitrogens with zero attached hydrogens (tertiary/aromatic N) is 5. The number of hydrogen-bond donors (Lipinski definition) is 0. The Morgan fingerprint density at radius 2 is 2.18 bits per heavy atom. The zero-order valence-corrected chi connectivity index (χ0v) is 11.7. The lowest BCUT2D eigenvalue weighted by Crippen LogP contribution is -2.26. The number of anilines is 2. The van der Waals surface area contributed by atoms with E-state index in [1.165, 1.54) is 11.0 Å². The van der Waals surface area contributed by atoms with Crippen LogP contribution in [-0.4, -0.2) is 38.4 Å². The van der Waals surface area contributed by atoms with Crippen molar-refractivity contribution in [1.29, 1.82) is 0 Å². The maximum absolute atomic E-state index is 14.3. The standard InChI is InChI=1S/C14H14FN5O2/c15-12-7-10(3-4-13(12)19-5-1-2-6-19)20-9-11(8-17-18-16)22-14(20)21/h1-4,7,11H,5-6,8-9H2/t11-/m0/s1. The molecule has 114 valence electrons. The van der Waals surface area contributed by atoms with E-state index in [1.807, 2.05) is 17.1 Å². The minimum atomic E-state index is -0.562. The summed E-state index contributed by atoms with van der Waals surface area (Å²) in [6.07, 6.45) is 2.89. The van der Waals surface area contributed by atoms with E-state index in [2.05, 4.69) is 10.0 Å². The molecule has 2 aliphatic rings. The van der Waals surface area contributed by atoms with Crippen LogP contribution in [0.3, 0.4) is 0 Å². The highest BCUT2D eigenvalue weighted by Crippen LogP contribution is 2.28. The molecule has 0 unspecified atom stereocenters. The lowest BCUT2D eigenvalue weighted by atomic mass is 10.2. The fourth-order valence-electron chi connectivity index (χ4n) is 2.55. The summed E-state index contributed by atoms with van der Waals surface area (Å²) in [6.45, 7) is 1.66. The molecular formula is C14H14FN5O2. The van der Waals surface area contributed by atoms with Gasteiger partial charge >= 0.3 is 6.09 Å². The van der Waals surface area contributed by atoms with Gasteiger partial charge in [-0.1, -0.05) is 17.3 Å². The minimum absolute atomic E-state index is 0.0682. The van der Waals surface area contributed by atoms with Crippen molar-refractivity contribution in [3.05, 3.63) is 46.6 Å². The van der Waals surface area contributed by atoms with Gasteiger partial charge in [0.15, 0.2) is 0 Å². The van der Waals surface area contributed by atoms with Crippen LogP contribution in [0.15, 0.2) is 35.5 Å². The summed E-state index contributed by atoms with van der Waals surface area (Å²) < 4.78 is 19.3. The van der Waals surface area contributed by atoms with Crippen molar-refractivity contribution in [2.24, 2.45) is 5.11 Å². The Hall–Kier alpha value is -2.73. The fourth-order valence-corrected chi connectivity index (χ4v) is 2.55. The predicted octanol–water partition coefficient (Wildman–Crippen LogP) is 2.84. The second kappa shape index (κ2) is 5.95. The summed E-state index contributed by atoms with van der Waals surface area (Å²) in [7, 11) is 0. The molecule has 2 heterocycles. The van der Waals surface area contributed by atoms with Gasteiger partial charge in [-0.3, -0.25) is 4.90 Å². The number of carbonyl (C=O) groups excluding carboxylic acids is 1. The van der Waals surface area contributed by atoms with Crippen molar-refractivity contribution in [2.45, 2.75) is 6.10 Å². The molecule has 2 aliphatic heterocycles. The molecule has 0 radical (unpaired) electrons. The van der Waals surface area contributed by atoms with Gasteiger partial charge in [-0.25, -0.2) is 9.18 Å². The number of rotatable bonds is 4. The number of benzene rings is 1. The summed E-state index contributed by atoms with van der Waals surface area (Å²) in [6, 6.07) is 4.67. The third-order valence-electron chi connectivity index (χ3n) is 3.62. The molecule has 1 atom stereocenters. The Balaban J connectivity index is 1.76. The van der Waals surface area contributed by atoms with Crippen molar-refractivity contribution in [3.8, 4) is 0 Å². The van der Waals surface area contributed by atoms with Crippen molar-refractivity contribution >= 4 is 17.5 Å². The minimum Gasteiger partial charge on any atom is -0.444 e. The molecule has 0 saturated carbocycles. The fraction of sp³-hybridized carbons (Fsp3) is 0.357. The first-order chi connectivity index (χ1) is 10.7. The van der Waals surface area contributed by atoms with Gasteiger partial charge in [0.1, 0.15) is 11.9 Å². The number of hydrogen-bond acceptors (Lipinski definition) is 4. The van der Waals surface area contributed by atoms with E-state index < -0.39 is 12.2 Å². The van der Waals surface area contributed by atoms with Gasteiger partial charge in [-0.15, -0.1) is 0 Å². The third kappa shape index (κ3) is 2.68. The van der Waals surface area contributed by atoms with E-state index in [4.69, 9.17) is 10.3 Å². The monoisotopic (exact) mass is 303 g/mol. The average Bonchev–Trinajstić information content (AvgIpc) is 3.14. The largest absolute Gasteiger partial charge is 0.444 e. The molecule has 0 aliphatic carbocycles. The Morgan fingerprint density at radius 1 is 1.41 bits per heavy atom. The molecule has 1 aromatic carbocycles. The SMILES string of the molecule is [N-]=[N+]=NC[C@H]1CN(c2ccc(N3CC=CC3)c(F)c2)C(=O)O1. The van der Waals surface area contributed by atoms with Crippen LogP contribution < -0.4 is 9.80 Å². The van der Waals surface area contributed by atoms with Gasteiger partial charge in [0.05, 0.1) is 24.5 Å². The van der Waals surface area contributed by atoms with Crippen LogP contribution >= 0.6 is 0 Å². The predicted molar refractivity (Wildman–Crippen MR) is 79.4 cm³/mol. The lowest BCUT2D eigenvalue weighted by molar-refractivity contribution is 0.145.